The number of amides is 2. The lowest BCUT2D eigenvalue weighted by Crippen LogP contribution is -2.27. The molecule has 2 amide bonds. The molecule has 1 saturated heterocycles. The van der Waals surface area contributed by atoms with Crippen LogP contribution in [0.1, 0.15) is 5.56 Å². The van der Waals surface area contributed by atoms with Gasteiger partial charge in [0.05, 0.1) is 20.6 Å². The van der Waals surface area contributed by atoms with Crippen molar-refractivity contribution < 1.29 is 14.7 Å². The number of hydrogen-bond donors (Lipinski definition) is 1. The Balaban J connectivity index is 1.95. The Morgan fingerprint density at radius 3 is 2.52 bits per heavy atom. The van der Waals surface area contributed by atoms with E-state index in [-0.39, 0.29) is 15.7 Å². The molecule has 2 aromatic carbocycles. The molecule has 0 radical (unpaired) electrons. The number of thioether (sulfide) groups is 1. The Bertz CT molecular complexity index is 851. The van der Waals surface area contributed by atoms with Gasteiger partial charge in [-0.1, -0.05) is 35.3 Å². The van der Waals surface area contributed by atoms with Gasteiger partial charge in [-0.3, -0.25) is 9.59 Å². The summed E-state index contributed by atoms with van der Waals surface area (Å²) in [5.74, 6) is -0.357. The van der Waals surface area contributed by atoms with Gasteiger partial charge >= 0.3 is 0 Å². The summed E-state index contributed by atoms with van der Waals surface area (Å²) in [5.41, 5.74) is 0.992. The number of nitrogens with zero attached hydrogens (tertiary/aromatic N) is 1. The molecule has 0 unspecified atom stereocenters. The number of carbonyl (C=O) groups is 2. The summed E-state index contributed by atoms with van der Waals surface area (Å²) < 4.78 is 0. The summed E-state index contributed by atoms with van der Waals surface area (Å²) in [6.45, 7) is 0. The summed E-state index contributed by atoms with van der Waals surface area (Å²) in [4.78, 5) is 25.9. The number of rotatable bonds is 2. The molecule has 0 spiro atoms. The van der Waals surface area contributed by atoms with Gasteiger partial charge in [0.1, 0.15) is 5.75 Å². The second-order valence-corrected chi connectivity index (χ2v) is 6.52. The maximum atomic E-state index is 12.5. The lowest BCUT2D eigenvalue weighted by Gasteiger charge is -2.13. The number of carbonyl (C=O) groups excluding carboxylic acids is 2. The number of phenolic OH excluding ortho intramolecular Hbond substituents is 1. The number of anilines is 1. The molecule has 2 aromatic rings. The molecule has 1 heterocycles. The molecule has 3 rings (SSSR count). The molecule has 4 nitrogen and oxygen atoms in total. The molecule has 1 N–H and O–H groups in total. The van der Waals surface area contributed by atoms with Gasteiger partial charge in [-0.15, -0.1) is 0 Å². The zero-order valence-corrected chi connectivity index (χ0v) is 13.8. The van der Waals surface area contributed by atoms with Crippen molar-refractivity contribution in [1.82, 2.24) is 0 Å². The first-order valence-electron chi connectivity index (χ1n) is 6.48. The van der Waals surface area contributed by atoms with Crippen molar-refractivity contribution in [2.45, 2.75) is 0 Å². The summed E-state index contributed by atoms with van der Waals surface area (Å²) in [5, 5.41) is 9.66. The van der Waals surface area contributed by atoms with Crippen molar-refractivity contribution in [1.29, 1.82) is 0 Å². The number of hydrogen-bond acceptors (Lipinski definition) is 4. The van der Waals surface area contributed by atoms with Crippen molar-refractivity contribution in [3.63, 3.8) is 0 Å². The first-order chi connectivity index (χ1) is 11.0. The van der Waals surface area contributed by atoms with E-state index in [2.05, 4.69) is 0 Å². The lowest BCUT2D eigenvalue weighted by molar-refractivity contribution is -0.113. The normalized spacial score (nSPS) is 16.4. The van der Waals surface area contributed by atoms with Gasteiger partial charge in [-0.2, -0.15) is 0 Å². The third-order valence-corrected chi connectivity index (χ3v) is 4.73. The Morgan fingerprint density at radius 2 is 1.83 bits per heavy atom. The van der Waals surface area contributed by atoms with Gasteiger partial charge in [-0.25, -0.2) is 4.90 Å². The van der Waals surface area contributed by atoms with Crippen LogP contribution in [0.15, 0.2) is 47.4 Å². The van der Waals surface area contributed by atoms with Crippen molar-refractivity contribution >= 4 is 57.9 Å². The zero-order valence-electron chi connectivity index (χ0n) is 11.5. The predicted octanol–water partition coefficient (Wildman–Crippen LogP) is 4.94. The first-order valence-corrected chi connectivity index (χ1v) is 8.05. The summed E-state index contributed by atoms with van der Waals surface area (Å²) in [7, 11) is 0. The van der Waals surface area contributed by atoms with E-state index in [1.807, 2.05) is 0 Å². The predicted molar refractivity (Wildman–Crippen MR) is 93.0 cm³/mol. The third-order valence-electron chi connectivity index (χ3n) is 3.12. The Morgan fingerprint density at radius 1 is 1.04 bits per heavy atom. The van der Waals surface area contributed by atoms with Crippen LogP contribution in [0.25, 0.3) is 6.08 Å². The van der Waals surface area contributed by atoms with Crippen molar-refractivity contribution in [2.75, 3.05) is 4.90 Å². The van der Waals surface area contributed by atoms with Crippen molar-refractivity contribution in [3.8, 4) is 5.75 Å². The highest BCUT2D eigenvalue weighted by Gasteiger charge is 2.36. The van der Waals surface area contributed by atoms with Gasteiger partial charge in [0.2, 0.25) is 0 Å². The molecule has 1 fully saturated rings. The standard InChI is InChI=1S/C16H9Cl2NO3S/c17-12-5-4-10(8-13(12)18)19-15(21)14(23-16(19)22)7-9-2-1-3-11(20)6-9/h1-8,20H/b14-7-. The highest BCUT2D eigenvalue weighted by atomic mass is 35.5. The lowest BCUT2D eigenvalue weighted by atomic mass is 10.2. The maximum absolute atomic E-state index is 12.5. The van der Waals surface area contributed by atoms with Crippen LogP contribution in [0.4, 0.5) is 10.5 Å². The second kappa shape index (κ2) is 6.28. The average Bonchev–Trinajstić information content (AvgIpc) is 2.77. The van der Waals surface area contributed by atoms with Gasteiger partial charge in [0.25, 0.3) is 11.1 Å². The van der Waals surface area contributed by atoms with Gasteiger partial charge in [0.15, 0.2) is 0 Å². The third kappa shape index (κ3) is 3.22. The largest absolute Gasteiger partial charge is 0.508 e. The number of halogens is 2. The zero-order chi connectivity index (χ0) is 16.6. The van der Waals surface area contributed by atoms with E-state index in [1.165, 1.54) is 24.3 Å². The van der Waals surface area contributed by atoms with Gasteiger partial charge in [0, 0.05) is 0 Å². The number of aromatic hydroxyl groups is 1. The fourth-order valence-electron chi connectivity index (χ4n) is 2.08. The topological polar surface area (TPSA) is 57.6 Å². The number of benzene rings is 2. The molecule has 0 aromatic heterocycles. The van der Waals surface area contributed by atoms with Crippen molar-refractivity contribution in [3.05, 3.63) is 63.0 Å². The van der Waals surface area contributed by atoms with Crippen LogP contribution in [0.3, 0.4) is 0 Å². The summed E-state index contributed by atoms with van der Waals surface area (Å²) in [6, 6.07) is 11.0. The Kier molecular flexibility index (Phi) is 4.35. The molecule has 7 heteroatoms. The van der Waals surface area contributed by atoms with Crippen LogP contribution >= 0.6 is 35.0 Å². The molecule has 1 aliphatic rings. The second-order valence-electron chi connectivity index (χ2n) is 4.71. The molecular weight excluding hydrogens is 357 g/mol. The van der Waals surface area contributed by atoms with E-state index in [0.717, 1.165) is 16.7 Å². The minimum absolute atomic E-state index is 0.0856. The van der Waals surface area contributed by atoms with Crippen LogP contribution in [0.5, 0.6) is 5.75 Å². The molecule has 0 saturated carbocycles. The highest BCUT2D eigenvalue weighted by Crippen LogP contribution is 2.37. The van der Waals surface area contributed by atoms with E-state index in [4.69, 9.17) is 23.2 Å². The van der Waals surface area contributed by atoms with Crippen LogP contribution in [-0.4, -0.2) is 16.3 Å². The Labute approximate surface area is 146 Å². The molecule has 116 valence electrons. The minimum Gasteiger partial charge on any atom is -0.508 e. The van der Waals surface area contributed by atoms with Crippen LogP contribution < -0.4 is 4.90 Å². The molecule has 0 atom stereocenters. The molecule has 0 bridgehead atoms. The van der Waals surface area contributed by atoms with E-state index in [1.54, 1.807) is 24.3 Å². The Hall–Kier alpha value is -1.95. The average molecular weight is 366 g/mol. The molecule has 0 aliphatic carbocycles. The van der Waals surface area contributed by atoms with Crippen molar-refractivity contribution in [2.24, 2.45) is 0 Å². The van der Waals surface area contributed by atoms with Crippen LogP contribution in [0, 0.1) is 0 Å². The van der Waals surface area contributed by atoms with Gasteiger partial charge < -0.3 is 5.11 Å². The first kappa shape index (κ1) is 15.9. The maximum Gasteiger partial charge on any atom is 0.298 e. The smallest absolute Gasteiger partial charge is 0.298 e. The SMILES string of the molecule is O=C1S/C(=C\c2cccc(O)c2)C(=O)N1c1ccc(Cl)c(Cl)c1. The van der Waals surface area contributed by atoms with E-state index in [9.17, 15) is 14.7 Å². The quantitative estimate of drug-likeness (QED) is 0.765. The molecular formula is C16H9Cl2NO3S. The molecule has 23 heavy (non-hydrogen) atoms. The fourth-order valence-corrected chi connectivity index (χ4v) is 3.21. The summed E-state index contributed by atoms with van der Waals surface area (Å²) in [6.07, 6.45) is 1.56. The number of phenols is 1. The van der Waals surface area contributed by atoms with E-state index >= 15 is 0 Å². The van der Waals surface area contributed by atoms with Crippen LogP contribution in [-0.2, 0) is 4.79 Å². The minimum atomic E-state index is -0.443. The molecule has 1 aliphatic heterocycles. The van der Waals surface area contributed by atoms with E-state index < -0.39 is 11.1 Å². The van der Waals surface area contributed by atoms with Gasteiger partial charge in [-0.05, 0) is 53.7 Å². The highest BCUT2D eigenvalue weighted by molar-refractivity contribution is 8.19. The monoisotopic (exact) mass is 365 g/mol. The van der Waals surface area contributed by atoms with Crippen LogP contribution in [0.2, 0.25) is 10.0 Å². The van der Waals surface area contributed by atoms with E-state index in [0.29, 0.717) is 16.3 Å². The fraction of sp³-hybridized carbons (Fsp3) is 0. The number of imide groups is 1. The summed E-state index contributed by atoms with van der Waals surface area (Å²) >= 11 is 12.6.